The molecule has 0 nitrogen and oxygen atoms in total. The third-order valence-electron chi connectivity index (χ3n) is 5.79. The normalized spacial score (nSPS) is 30.7. The molecule has 1 aromatic carbocycles. The molecule has 2 rings (SSSR count). The third-order valence-corrected chi connectivity index (χ3v) is 5.79. The van der Waals surface area contributed by atoms with Crippen molar-refractivity contribution >= 4 is 0 Å². The fourth-order valence-corrected chi connectivity index (χ4v) is 4.16. The molecule has 1 aliphatic carbocycles. The Hall–Kier alpha value is -0.780. The maximum Gasteiger partial charge on any atom is -0.00188 e. The molecule has 0 aliphatic heterocycles. The smallest absolute Gasteiger partial charge is 0.00188 e. The summed E-state index contributed by atoms with van der Waals surface area (Å²) in [5.74, 6) is 1.67. The molecule has 112 valence electrons. The first kappa shape index (κ1) is 15.6. The molecule has 0 N–H and O–H groups in total. The highest BCUT2D eigenvalue weighted by atomic mass is 14.5. The fourth-order valence-electron chi connectivity index (χ4n) is 4.16. The van der Waals surface area contributed by atoms with Crippen molar-refractivity contribution in [2.24, 2.45) is 11.8 Å². The Kier molecular flexibility index (Phi) is 4.33. The Morgan fingerprint density at radius 2 is 1.70 bits per heavy atom. The Bertz CT molecular complexity index is 430. The van der Waals surface area contributed by atoms with Gasteiger partial charge in [-0.25, -0.2) is 0 Å². The van der Waals surface area contributed by atoms with Crippen molar-refractivity contribution < 1.29 is 0 Å². The van der Waals surface area contributed by atoms with Gasteiger partial charge in [-0.1, -0.05) is 72.2 Å². The summed E-state index contributed by atoms with van der Waals surface area (Å²) in [7, 11) is 0. The highest BCUT2D eigenvalue weighted by Crippen LogP contribution is 2.51. The largest absolute Gasteiger partial charge is 0.0654 e. The van der Waals surface area contributed by atoms with Gasteiger partial charge in [-0.05, 0) is 53.1 Å². The number of benzene rings is 1. The zero-order valence-corrected chi connectivity index (χ0v) is 14.3. The summed E-state index contributed by atoms with van der Waals surface area (Å²) in [6.07, 6.45) is 5.39. The average molecular weight is 272 g/mol. The maximum absolute atomic E-state index is 2.48. The van der Waals surface area contributed by atoms with Crippen molar-refractivity contribution in [3.63, 3.8) is 0 Å². The topological polar surface area (TPSA) is 0 Å². The quantitative estimate of drug-likeness (QED) is 0.624. The summed E-state index contributed by atoms with van der Waals surface area (Å²) in [6, 6.07) is 9.57. The van der Waals surface area contributed by atoms with Crippen LogP contribution in [0.15, 0.2) is 24.3 Å². The first-order valence-corrected chi connectivity index (χ1v) is 8.42. The standard InChI is InChI=1S/C20H32/c1-7-13-20(14-12-15(2)16(20)3)18-10-8-17(9-11-18)19(4,5)6/h8-11,15-16H,7,12-14H2,1-6H3. The monoisotopic (exact) mass is 272 g/mol. The summed E-state index contributed by atoms with van der Waals surface area (Å²) >= 11 is 0. The van der Waals surface area contributed by atoms with E-state index in [1.165, 1.54) is 31.2 Å². The van der Waals surface area contributed by atoms with Crippen LogP contribution >= 0.6 is 0 Å². The van der Waals surface area contributed by atoms with Crippen LogP contribution in [0.4, 0.5) is 0 Å². The van der Waals surface area contributed by atoms with Crippen LogP contribution in [0.3, 0.4) is 0 Å². The lowest BCUT2D eigenvalue weighted by atomic mass is 9.68. The second-order valence-corrected chi connectivity index (χ2v) is 8.04. The summed E-state index contributed by atoms with van der Waals surface area (Å²) < 4.78 is 0. The Morgan fingerprint density at radius 3 is 2.10 bits per heavy atom. The van der Waals surface area contributed by atoms with E-state index in [-0.39, 0.29) is 5.41 Å². The second kappa shape index (κ2) is 5.54. The first-order valence-electron chi connectivity index (χ1n) is 8.42. The lowest BCUT2D eigenvalue weighted by Gasteiger charge is -2.36. The van der Waals surface area contributed by atoms with Gasteiger partial charge in [0.05, 0.1) is 0 Å². The lowest BCUT2D eigenvalue weighted by Crippen LogP contribution is -2.30. The summed E-state index contributed by atoms with van der Waals surface area (Å²) in [5.41, 5.74) is 3.73. The van der Waals surface area contributed by atoms with Crippen molar-refractivity contribution in [2.45, 2.75) is 78.1 Å². The van der Waals surface area contributed by atoms with Crippen molar-refractivity contribution in [1.29, 1.82) is 0 Å². The van der Waals surface area contributed by atoms with Crippen LogP contribution in [0.25, 0.3) is 0 Å². The van der Waals surface area contributed by atoms with Gasteiger partial charge in [0, 0.05) is 0 Å². The molecule has 0 spiro atoms. The Balaban J connectivity index is 2.36. The molecule has 0 heterocycles. The highest BCUT2D eigenvalue weighted by molar-refractivity contribution is 5.34. The van der Waals surface area contributed by atoms with E-state index in [2.05, 4.69) is 65.8 Å². The molecule has 0 radical (unpaired) electrons. The molecular formula is C20H32. The van der Waals surface area contributed by atoms with Gasteiger partial charge in [-0.15, -0.1) is 0 Å². The van der Waals surface area contributed by atoms with Crippen LogP contribution < -0.4 is 0 Å². The average Bonchev–Trinajstić information content (AvgIpc) is 2.68. The van der Waals surface area contributed by atoms with Crippen molar-refractivity contribution in [2.75, 3.05) is 0 Å². The molecule has 0 bridgehead atoms. The van der Waals surface area contributed by atoms with Gasteiger partial charge in [-0.3, -0.25) is 0 Å². The summed E-state index contributed by atoms with van der Waals surface area (Å²) in [6.45, 7) is 14.1. The van der Waals surface area contributed by atoms with Gasteiger partial charge in [0.2, 0.25) is 0 Å². The van der Waals surface area contributed by atoms with Crippen LogP contribution in [0.1, 0.15) is 78.4 Å². The second-order valence-electron chi connectivity index (χ2n) is 8.04. The van der Waals surface area contributed by atoms with E-state index >= 15 is 0 Å². The van der Waals surface area contributed by atoms with E-state index in [9.17, 15) is 0 Å². The lowest BCUT2D eigenvalue weighted by molar-refractivity contribution is 0.274. The minimum Gasteiger partial charge on any atom is -0.0654 e. The molecule has 1 aromatic rings. The SMILES string of the molecule is CCCC1(c2ccc(C(C)(C)C)cc2)CCC(C)C1C. The minimum absolute atomic E-state index is 0.255. The van der Waals surface area contributed by atoms with Gasteiger partial charge >= 0.3 is 0 Å². The van der Waals surface area contributed by atoms with Gasteiger partial charge in [0.15, 0.2) is 0 Å². The van der Waals surface area contributed by atoms with Gasteiger partial charge in [0.25, 0.3) is 0 Å². The molecule has 0 amide bonds. The van der Waals surface area contributed by atoms with Crippen molar-refractivity contribution in [3.05, 3.63) is 35.4 Å². The minimum atomic E-state index is 0.255. The van der Waals surface area contributed by atoms with Crippen LogP contribution in [0, 0.1) is 11.8 Å². The molecule has 3 atom stereocenters. The van der Waals surface area contributed by atoms with E-state index in [0.717, 1.165) is 11.8 Å². The van der Waals surface area contributed by atoms with Crippen molar-refractivity contribution in [1.82, 2.24) is 0 Å². The Labute approximate surface area is 126 Å². The maximum atomic E-state index is 2.48. The molecule has 0 heteroatoms. The third kappa shape index (κ3) is 2.67. The van der Waals surface area contributed by atoms with Crippen molar-refractivity contribution in [3.8, 4) is 0 Å². The van der Waals surface area contributed by atoms with Gasteiger partial charge < -0.3 is 0 Å². The molecule has 0 saturated heterocycles. The molecule has 1 aliphatic rings. The summed E-state index contributed by atoms with van der Waals surface area (Å²) in [5, 5.41) is 0. The van der Waals surface area contributed by atoms with E-state index < -0.39 is 0 Å². The molecule has 20 heavy (non-hydrogen) atoms. The van der Waals surface area contributed by atoms with E-state index in [1.807, 2.05) is 0 Å². The van der Waals surface area contributed by atoms with Crippen LogP contribution in [0.2, 0.25) is 0 Å². The zero-order valence-electron chi connectivity index (χ0n) is 14.3. The van der Waals surface area contributed by atoms with E-state index in [1.54, 1.807) is 5.56 Å². The molecule has 1 saturated carbocycles. The zero-order chi connectivity index (χ0) is 15.0. The first-order chi connectivity index (χ1) is 9.31. The van der Waals surface area contributed by atoms with Crippen LogP contribution in [-0.2, 0) is 10.8 Å². The van der Waals surface area contributed by atoms with E-state index in [4.69, 9.17) is 0 Å². The van der Waals surface area contributed by atoms with Crippen LogP contribution in [-0.4, -0.2) is 0 Å². The predicted molar refractivity (Wildman–Crippen MR) is 89.3 cm³/mol. The molecule has 0 aromatic heterocycles. The van der Waals surface area contributed by atoms with Gasteiger partial charge in [0.1, 0.15) is 0 Å². The molecule has 3 unspecified atom stereocenters. The molecule has 1 fully saturated rings. The fraction of sp³-hybridized carbons (Fsp3) is 0.700. The number of rotatable bonds is 3. The predicted octanol–water partition coefficient (Wildman–Crippen LogP) is 6.09. The number of hydrogen-bond acceptors (Lipinski definition) is 0. The number of hydrogen-bond donors (Lipinski definition) is 0. The summed E-state index contributed by atoms with van der Waals surface area (Å²) in [4.78, 5) is 0. The molecular weight excluding hydrogens is 240 g/mol. The van der Waals surface area contributed by atoms with Gasteiger partial charge in [-0.2, -0.15) is 0 Å². The van der Waals surface area contributed by atoms with E-state index in [0.29, 0.717) is 5.41 Å². The highest BCUT2D eigenvalue weighted by Gasteiger charge is 2.44. The Morgan fingerprint density at radius 1 is 1.10 bits per heavy atom. The van der Waals surface area contributed by atoms with Crippen LogP contribution in [0.5, 0.6) is 0 Å².